The number of thiazole rings is 2. The normalized spacial score (nSPS) is 10.5. The topological polar surface area (TPSA) is 75.1 Å². The second-order valence-corrected chi connectivity index (χ2v) is 5.61. The third-order valence-corrected chi connectivity index (χ3v) is 3.95. The van der Waals surface area contributed by atoms with Crippen LogP contribution in [0.1, 0.15) is 26.1 Å². The second-order valence-electron chi connectivity index (χ2n) is 3.47. The van der Waals surface area contributed by atoms with Gasteiger partial charge >= 0.3 is 5.97 Å². The van der Waals surface area contributed by atoms with Crippen molar-refractivity contribution in [3.05, 3.63) is 26.7 Å². The van der Waals surface area contributed by atoms with E-state index in [4.69, 9.17) is 5.11 Å². The fraction of sp³-hybridized carbons (Fsp3) is 0.300. The zero-order chi connectivity index (χ0) is 12.4. The molecule has 0 bridgehead atoms. The minimum absolute atomic E-state index is 0.118. The van der Waals surface area contributed by atoms with E-state index >= 15 is 0 Å². The van der Waals surface area contributed by atoms with Gasteiger partial charge in [0.1, 0.15) is 5.01 Å². The van der Waals surface area contributed by atoms with Crippen molar-refractivity contribution in [2.24, 2.45) is 0 Å². The lowest BCUT2D eigenvalue weighted by molar-refractivity contribution is 0.0690. The van der Waals surface area contributed by atoms with Gasteiger partial charge in [-0.05, 0) is 13.8 Å². The van der Waals surface area contributed by atoms with Crippen LogP contribution in [0.3, 0.4) is 0 Å². The van der Waals surface area contributed by atoms with E-state index in [-0.39, 0.29) is 5.69 Å². The first-order valence-electron chi connectivity index (χ1n) is 4.92. The maximum absolute atomic E-state index is 10.8. The van der Waals surface area contributed by atoms with Gasteiger partial charge in [-0.2, -0.15) is 0 Å². The van der Waals surface area contributed by atoms with Gasteiger partial charge < -0.3 is 10.4 Å². The van der Waals surface area contributed by atoms with Crippen molar-refractivity contribution in [1.29, 1.82) is 0 Å². The Morgan fingerprint density at radius 3 is 2.76 bits per heavy atom. The highest BCUT2D eigenvalue weighted by atomic mass is 32.1. The summed E-state index contributed by atoms with van der Waals surface area (Å²) in [6, 6.07) is 0. The van der Waals surface area contributed by atoms with Crippen LogP contribution in [0.4, 0.5) is 5.13 Å². The first-order valence-corrected chi connectivity index (χ1v) is 6.61. The molecular formula is C10H11N3O2S2. The molecule has 0 aliphatic carbocycles. The van der Waals surface area contributed by atoms with Gasteiger partial charge in [0.25, 0.3) is 0 Å². The Balaban J connectivity index is 2.04. The third kappa shape index (κ3) is 2.80. The molecule has 0 atom stereocenters. The molecule has 0 amide bonds. The van der Waals surface area contributed by atoms with E-state index in [9.17, 15) is 4.79 Å². The molecule has 17 heavy (non-hydrogen) atoms. The summed E-state index contributed by atoms with van der Waals surface area (Å²) in [4.78, 5) is 19.8. The quantitative estimate of drug-likeness (QED) is 0.892. The van der Waals surface area contributed by atoms with Crippen LogP contribution < -0.4 is 5.32 Å². The van der Waals surface area contributed by atoms with Crippen LogP contribution in [0, 0.1) is 13.8 Å². The molecule has 2 rings (SSSR count). The Morgan fingerprint density at radius 2 is 2.24 bits per heavy atom. The number of aryl methyl sites for hydroxylation is 2. The fourth-order valence-corrected chi connectivity index (χ4v) is 2.82. The van der Waals surface area contributed by atoms with Crippen LogP contribution in [-0.2, 0) is 6.54 Å². The maximum atomic E-state index is 10.8. The monoisotopic (exact) mass is 269 g/mol. The van der Waals surface area contributed by atoms with Crippen LogP contribution in [-0.4, -0.2) is 21.0 Å². The lowest BCUT2D eigenvalue weighted by Crippen LogP contribution is -2.01. The highest BCUT2D eigenvalue weighted by molar-refractivity contribution is 7.15. The first kappa shape index (κ1) is 12.0. The molecule has 90 valence electrons. The summed E-state index contributed by atoms with van der Waals surface area (Å²) in [7, 11) is 0. The summed E-state index contributed by atoms with van der Waals surface area (Å²) in [5, 5.41) is 15.5. The second kappa shape index (κ2) is 4.80. The van der Waals surface area contributed by atoms with E-state index in [1.54, 1.807) is 18.3 Å². The van der Waals surface area contributed by atoms with Crippen LogP contribution in [0.25, 0.3) is 0 Å². The van der Waals surface area contributed by atoms with Crippen molar-refractivity contribution in [2.75, 3.05) is 5.32 Å². The lowest BCUT2D eigenvalue weighted by Gasteiger charge is -1.97. The molecule has 5 nitrogen and oxygen atoms in total. The summed E-state index contributed by atoms with van der Waals surface area (Å²) in [6.07, 6.45) is 0. The SMILES string of the molecule is Cc1csc(CNc2nc(C(=O)O)c(C)s2)n1. The molecule has 2 heterocycles. The Bertz CT molecular complexity index is 547. The number of anilines is 1. The highest BCUT2D eigenvalue weighted by Gasteiger charge is 2.13. The zero-order valence-electron chi connectivity index (χ0n) is 9.35. The van der Waals surface area contributed by atoms with Crippen molar-refractivity contribution in [3.8, 4) is 0 Å². The summed E-state index contributed by atoms with van der Waals surface area (Å²) < 4.78 is 0. The van der Waals surface area contributed by atoms with E-state index in [0.29, 0.717) is 16.6 Å². The average Bonchev–Trinajstić information content (AvgIpc) is 2.82. The zero-order valence-corrected chi connectivity index (χ0v) is 11.0. The molecule has 0 spiro atoms. The Hall–Kier alpha value is -1.47. The summed E-state index contributed by atoms with van der Waals surface area (Å²) >= 11 is 2.92. The predicted molar refractivity (Wildman–Crippen MR) is 68.0 cm³/mol. The van der Waals surface area contributed by atoms with Crippen LogP contribution in [0.2, 0.25) is 0 Å². The molecule has 0 saturated heterocycles. The number of hydrogen-bond acceptors (Lipinski definition) is 6. The van der Waals surface area contributed by atoms with Gasteiger partial charge in [-0.15, -0.1) is 22.7 Å². The van der Waals surface area contributed by atoms with Gasteiger partial charge in [-0.1, -0.05) is 0 Å². The average molecular weight is 269 g/mol. The molecule has 0 aromatic carbocycles. The first-order chi connectivity index (χ1) is 8.06. The Morgan fingerprint density at radius 1 is 1.47 bits per heavy atom. The molecule has 0 aliphatic rings. The van der Waals surface area contributed by atoms with Gasteiger partial charge in [0, 0.05) is 16.0 Å². The van der Waals surface area contributed by atoms with E-state index in [0.717, 1.165) is 10.7 Å². The largest absolute Gasteiger partial charge is 0.476 e. The van der Waals surface area contributed by atoms with Gasteiger partial charge in [0.2, 0.25) is 0 Å². The number of rotatable bonds is 4. The van der Waals surface area contributed by atoms with Crippen molar-refractivity contribution < 1.29 is 9.90 Å². The van der Waals surface area contributed by atoms with E-state index in [2.05, 4.69) is 15.3 Å². The summed E-state index contributed by atoms with van der Waals surface area (Å²) in [5.41, 5.74) is 1.11. The van der Waals surface area contributed by atoms with E-state index < -0.39 is 5.97 Å². The molecule has 2 N–H and O–H groups in total. The number of nitrogens with one attached hydrogen (secondary N) is 1. The smallest absolute Gasteiger partial charge is 0.355 e. The van der Waals surface area contributed by atoms with Gasteiger partial charge in [0.05, 0.1) is 6.54 Å². The molecule has 2 aromatic heterocycles. The number of aromatic carboxylic acids is 1. The van der Waals surface area contributed by atoms with Crippen molar-refractivity contribution in [2.45, 2.75) is 20.4 Å². The molecule has 2 aromatic rings. The van der Waals surface area contributed by atoms with Crippen LogP contribution >= 0.6 is 22.7 Å². The number of carbonyl (C=O) groups is 1. The van der Waals surface area contributed by atoms with Gasteiger partial charge in [-0.25, -0.2) is 14.8 Å². The summed E-state index contributed by atoms with van der Waals surface area (Å²) in [6.45, 7) is 4.26. The number of hydrogen-bond donors (Lipinski definition) is 2. The number of carboxylic acids is 1. The number of aromatic nitrogens is 2. The molecule has 0 aliphatic heterocycles. The van der Waals surface area contributed by atoms with Crippen molar-refractivity contribution >= 4 is 33.8 Å². The molecular weight excluding hydrogens is 258 g/mol. The fourth-order valence-electron chi connectivity index (χ4n) is 1.31. The van der Waals surface area contributed by atoms with Crippen molar-refractivity contribution in [1.82, 2.24) is 9.97 Å². The minimum atomic E-state index is -0.989. The Labute approximate surface area is 106 Å². The predicted octanol–water partition coefficient (Wildman–Crippen LogP) is 2.53. The summed E-state index contributed by atoms with van der Waals surface area (Å²) in [5.74, 6) is -0.989. The Kier molecular flexibility index (Phi) is 3.39. The molecule has 7 heteroatoms. The molecule has 0 fully saturated rings. The van der Waals surface area contributed by atoms with Crippen LogP contribution in [0.5, 0.6) is 0 Å². The molecule has 0 saturated carbocycles. The lowest BCUT2D eigenvalue weighted by atomic mass is 10.4. The van der Waals surface area contributed by atoms with E-state index in [1.807, 2.05) is 12.3 Å². The van der Waals surface area contributed by atoms with Crippen LogP contribution in [0.15, 0.2) is 5.38 Å². The number of nitrogens with zero attached hydrogens (tertiary/aromatic N) is 2. The van der Waals surface area contributed by atoms with Gasteiger partial charge in [-0.3, -0.25) is 0 Å². The molecule has 0 radical (unpaired) electrons. The standard InChI is InChI=1S/C10H11N3O2S2/c1-5-4-16-7(12-5)3-11-10-13-8(9(14)15)6(2)17-10/h4H,3H2,1-2H3,(H,11,13)(H,14,15). The van der Waals surface area contributed by atoms with Crippen molar-refractivity contribution in [3.63, 3.8) is 0 Å². The molecule has 0 unspecified atom stereocenters. The van der Waals surface area contributed by atoms with Gasteiger partial charge in [0.15, 0.2) is 10.8 Å². The minimum Gasteiger partial charge on any atom is -0.476 e. The third-order valence-electron chi connectivity index (χ3n) is 2.06. The highest BCUT2D eigenvalue weighted by Crippen LogP contribution is 2.22. The number of carboxylic acid groups (broad SMARTS) is 1. The van der Waals surface area contributed by atoms with E-state index in [1.165, 1.54) is 11.3 Å². The maximum Gasteiger partial charge on any atom is 0.355 e.